The van der Waals surface area contributed by atoms with Crippen LogP contribution in [0.25, 0.3) is 0 Å². The molecule has 32 heavy (non-hydrogen) atoms. The van der Waals surface area contributed by atoms with Crippen LogP contribution >= 0.6 is 0 Å². The molecule has 1 saturated heterocycles. The predicted octanol–water partition coefficient (Wildman–Crippen LogP) is 3.57. The van der Waals surface area contributed by atoms with Crippen LogP contribution in [0.15, 0.2) is 53.5 Å². The van der Waals surface area contributed by atoms with Gasteiger partial charge in [0.25, 0.3) is 0 Å². The number of unbranched alkanes of at least 4 members (excludes halogenated alkanes) is 1. The van der Waals surface area contributed by atoms with E-state index >= 15 is 0 Å². The zero-order valence-corrected chi connectivity index (χ0v) is 19.0. The van der Waals surface area contributed by atoms with E-state index in [0.717, 1.165) is 64.7 Å². The van der Waals surface area contributed by atoms with E-state index < -0.39 is 0 Å². The minimum Gasteiger partial charge on any atom is -0.494 e. The molecule has 0 radical (unpaired) electrons. The molecule has 0 amide bonds. The van der Waals surface area contributed by atoms with Crippen LogP contribution in [0, 0.1) is 5.82 Å². The maximum absolute atomic E-state index is 12.9. The summed E-state index contributed by atoms with van der Waals surface area (Å²) in [6, 6.07) is 14.7. The third-order valence-corrected chi connectivity index (χ3v) is 5.31. The Morgan fingerprint density at radius 1 is 1.03 bits per heavy atom. The van der Waals surface area contributed by atoms with Gasteiger partial charge in [-0.1, -0.05) is 24.3 Å². The molecule has 0 bridgehead atoms. The van der Waals surface area contributed by atoms with Crippen LogP contribution in [0.2, 0.25) is 0 Å². The molecule has 3 rings (SSSR count). The fourth-order valence-electron chi connectivity index (χ4n) is 3.53. The van der Waals surface area contributed by atoms with Crippen molar-refractivity contribution in [3.05, 3.63) is 65.5 Å². The topological polar surface area (TPSA) is 58.1 Å². The van der Waals surface area contributed by atoms with Crippen LogP contribution in [0.1, 0.15) is 30.9 Å². The van der Waals surface area contributed by atoms with Crippen molar-refractivity contribution >= 4 is 5.96 Å². The van der Waals surface area contributed by atoms with Gasteiger partial charge in [0, 0.05) is 32.7 Å². The standard InChI is InChI=1S/C25H35FN4O2/c1-2-27-25(28-13-5-6-16-32-24-11-9-23(26)10-12-24)29-19-21-7-3-4-8-22(21)20-30-14-17-31-18-15-30/h3-4,7-12H,2,5-6,13-20H2,1H3,(H2,27,28,29). The van der Waals surface area contributed by atoms with E-state index in [1.54, 1.807) is 12.1 Å². The van der Waals surface area contributed by atoms with Crippen LogP contribution in [0.4, 0.5) is 4.39 Å². The summed E-state index contributed by atoms with van der Waals surface area (Å²) in [7, 11) is 0. The Bertz CT molecular complexity index is 823. The highest BCUT2D eigenvalue weighted by molar-refractivity contribution is 5.79. The first-order chi connectivity index (χ1) is 15.7. The number of nitrogens with zero attached hydrogens (tertiary/aromatic N) is 2. The molecule has 1 fully saturated rings. The lowest BCUT2D eigenvalue weighted by molar-refractivity contribution is 0.0341. The van der Waals surface area contributed by atoms with Crippen molar-refractivity contribution in [2.45, 2.75) is 32.9 Å². The van der Waals surface area contributed by atoms with E-state index in [0.29, 0.717) is 18.9 Å². The molecule has 174 valence electrons. The van der Waals surface area contributed by atoms with Crippen LogP contribution in [-0.2, 0) is 17.8 Å². The van der Waals surface area contributed by atoms with Gasteiger partial charge >= 0.3 is 0 Å². The Hall–Kier alpha value is -2.64. The van der Waals surface area contributed by atoms with Gasteiger partial charge in [-0.15, -0.1) is 0 Å². The molecule has 1 aliphatic rings. The van der Waals surface area contributed by atoms with Crippen molar-refractivity contribution in [3.8, 4) is 5.75 Å². The van der Waals surface area contributed by atoms with E-state index in [-0.39, 0.29) is 5.82 Å². The summed E-state index contributed by atoms with van der Waals surface area (Å²) in [5.74, 6) is 1.28. The van der Waals surface area contributed by atoms with Gasteiger partial charge in [0.15, 0.2) is 5.96 Å². The van der Waals surface area contributed by atoms with Gasteiger partial charge in [0.1, 0.15) is 11.6 Å². The second kappa shape index (κ2) is 13.7. The Morgan fingerprint density at radius 2 is 1.78 bits per heavy atom. The molecule has 1 aliphatic heterocycles. The summed E-state index contributed by atoms with van der Waals surface area (Å²) in [5, 5.41) is 6.73. The van der Waals surface area contributed by atoms with E-state index in [1.807, 2.05) is 0 Å². The lowest BCUT2D eigenvalue weighted by Crippen LogP contribution is -2.38. The van der Waals surface area contributed by atoms with Gasteiger partial charge in [0.05, 0.1) is 26.4 Å². The van der Waals surface area contributed by atoms with Gasteiger partial charge in [-0.05, 0) is 55.2 Å². The van der Waals surface area contributed by atoms with E-state index in [9.17, 15) is 4.39 Å². The predicted molar refractivity (Wildman–Crippen MR) is 126 cm³/mol. The van der Waals surface area contributed by atoms with Crippen molar-refractivity contribution in [1.29, 1.82) is 0 Å². The van der Waals surface area contributed by atoms with Gasteiger partial charge in [-0.25, -0.2) is 9.38 Å². The van der Waals surface area contributed by atoms with Crippen LogP contribution in [-0.4, -0.2) is 56.9 Å². The van der Waals surface area contributed by atoms with Gasteiger partial charge in [0.2, 0.25) is 0 Å². The average Bonchev–Trinajstić information content (AvgIpc) is 2.82. The highest BCUT2D eigenvalue weighted by Gasteiger charge is 2.12. The van der Waals surface area contributed by atoms with Crippen molar-refractivity contribution < 1.29 is 13.9 Å². The number of guanidine groups is 1. The molecule has 0 aliphatic carbocycles. The molecule has 0 atom stereocenters. The Morgan fingerprint density at radius 3 is 2.53 bits per heavy atom. The summed E-state index contributed by atoms with van der Waals surface area (Å²) < 4.78 is 24.0. The molecule has 2 aromatic carbocycles. The summed E-state index contributed by atoms with van der Waals surface area (Å²) in [6.07, 6.45) is 1.87. The molecule has 6 nitrogen and oxygen atoms in total. The van der Waals surface area contributed by atoms with E-state index in [4.69, 9.17) is 14.5 Å². The van der Waals surface area contributed by atoms with Crippen LogP contribution in [0.5, 0.6) is 5.75 Å². The number of rotatable bonds is 11. The zero-order chi connectivity index (χ0) is 22.4. The number of aliphatic imine (C=N–C) groups is 1. The van der Waals surface area contributed by atoms with Gasteiger partial charge in [-0.2, -0.15) is 0 Å². The molecular weight excluding hydrogens is 407 g/mol. The molecule has 0 spiro atoms. The molecule has 0 unspecified atom stereocenters. The number of morpholine rings is 1. The van der Waals surface area contributed by atoms with Crippen molar-refractivity contribution in [2.75, 3.05) is 46.0 Å². The van der Waals surface area contributed by atoms with E-state index in [1.165, 1.54) is 23.3 Å². The summed E-state index contributed by atoms with van der Waals surface area (Å²) >= 11 is 0. The molecule has 1 heterocycles. The SMILES string of the molecule is CCNC(=NCc1ccccc1CN1CCOCC1)NCCCCOc1ccc(F)cc1. The minimum absolute atomic E-state index is 0.250. The second-order valence-electron chi connectivity index (χ2n) is 7.79. The first kappa shape index (κ1) is 24.0. The minimum atomic E-state index is -0.250. The second-order valence-corrected chi connectivity index (χ2v) is 7.79. The van der Waals surface area contributed by atoms with Crippen LogP contribution in [0.3, 0.4) is 0 Å². The largest absolute Gasteiger partial charge is 0.494 e. The number of benzene rings is 2. The van der Waals surface area contributed by atoms with E-state index in [2.05, 4.69) is 46.7 Å². The van der Waals surface area contributed by atoms with Crippen molar-refractivity contribution in [1.82, 2.24) is 15.5 Å². The number of halogens is 1. The molecule has 0 saturated carbocycles. The highest BCUT2D eigenvalue weighted by Crippen LogP contribution is 2.14. The maximum Gasteiger partial charge on any atom is 0.191 e. The maximum atomic E-state index is 12.9. The number of ether oxygens (including phenoxy) is 2. The Balaban J connectivity index is 1.42. The average molecular weight is 443 g/mol. The molecule has 0 aromatic heterocycles. The normalized spacial score (nSPS) is 14.9. The van der Waals surface area contributed by atoms with Crippen molar-refractivity contribution in [3.63, 3.8) is 0 Å². The highest BCUT2D eigenvalue weighted by atomic mass is 19.1. The molecule has 7 heteroatoms. The summed E-state index contributed by atoms with van der Waals surface area (Å²) in [6.45, 7) is 9.46. The fourth-order valence-corrected chi connectivity index (χ4v) is 3.53. The fraction of sp³-hybridized carbons (Fsp3) is 0.480. The first-order valence-corrected chi connectivity index (χ1v) is 11.5. The molecular formula is C25H35FN4O2. The molecule has 2 aromatic rings. The smallest absolute Gasteiger partial charge is 0.191 e. The summed E-state index contributed by atoms with van der Waals surface area (Å²) in [4.78, 5) is 7.23. The first-order valence-electron chi connectivity index (χ1n) is 11.5. The quantitative estimate of drug-likeness (QED) is 0.317. The Labute approximate surface area is 190 Å². The van der Waals surface area contributed by atoms with Gasteiger partial charge < -0.3 is 20.1 Å². The lowest BCUT2D eigenvalue weighted by atomic mass is 10.1. The Kier molecular flexibility index (Phi) is 10.3. The van der Waals surface area contributed by atoms with Gasteiger partial charge in [-0.3, -0.25) is 4.90 Å². The number of nitrogens with one attached hydrogen (secondary N) is 2. The zero-order valence-electron chi connectivity index (χ0n) is 19.0. The third kappa shape index (κ3) is 8.48. The lowest BCUT2D eigenvalue weighted by Gasteiger charge is -2.27. The summed E-state index contributed by atoms with van der Waals surface area (Å²) in [5.41, 5.74) is 2.58. The monoisotopic (exact) mass is 442 g/mol. The molecule has 2 N–H and O–H groups in total. The third-order valence-electron chi connectivity index (χ3n) is 5.31. The van der Waals surface area contributed by atoms with Crippen molar-refractivity contribution in [2.24, 2.45) is 4.99 Å². The van der Waals surface area contributed by atoms with Crippen LogP contribution < -0.4 is 15.4 Å². The number of hydrogen-bond acceptors (Lipinski definition) is 4. The number of hydrogen-bond donors (Lipinski definition) is 2.